The lowest BCUT2D eigenvalue weighted by Gasteiger charge is -2.14. The highest BCUT2D eigenvalue weighted by Crippen LogP contribution is 2.37. The maximum Gasteiger partial charge on any atom is 0.156 e. The van der Waals surface area contributed by atoms with E-state index in [9.17, 15) is 0 Å². The molecule has 100 valence electrons. The Balaban J connectivity index is 1.59. The van der Waals surface area contributed by atoms with Gasteiger partial charge in [0.1, 0.15) is 6.10 Å². The topological polar surface area (TPSA) is 18.5 Å². The lowest BCUT2D eigenvalue weighted by molar-refractivity contribution is -0.0486. The number of fused-ring (bicyclic) bond motifs is 1. The van der Waals surface area contributed by atoms with Gasteiger partial charge in [0.25, 0.3) is 0 Å². The molecule has 0 spiro atoms. The van der Waals surface area contributed by atoms with E-state index in [1.165, 1.54) is 10.5 Å². The number of benzene rings is 1. The second-order valence-electron chi connectivity index (χ2n) is 4.90. The number of hydrogen-bond acceptors (Lipinski definition) is 3. The molecule has 2 aliphatic rings. The molecule has 0 N–H and O–H groups in total. The van der Waals surface area contributed by atoms with Crippen LogP contribution in [0.15, 0.2) is 59.0 Å². The summed E-state index contributed by atoms with van der Waals surface area (Å²) in [6.45, 7) is 6.17. The quantitative estimate of drug-likeness (QED) is 0.778. The molecule has 1 aliphatic heterocycles. The first-order valence-corrected chi connectivity index (χ1v) is 7.59. The van der Waals surface area contributed by atoms with Crippen molar-refractivity contribution in [2.45, 2.75) is 36.7 Å². The number of thioether (sulfide) groups is 1. The third kappa shape index (κ3) is 2.78. The Morgan fingerprint density at radius 2 is 2.11 bits per heavy atom. The average molecular weight is 274 g/mol. The zero-order valence-electron chi connectivity index (χ0n) is 11.0. The maximum absolute atomic E-state index is 5.81. The molecule has 1 aliphatic carbocycles. The molecule has 3 unspecified atom stereocenters. The van der Waals surface area contributed by atoms with E-state index in [-0.39, 0.29) is 18.5 Å². The highest BCUT2D eigenvalue weighted by molar-refractivity contribution is 7.99. The normalized spacial score (nSPS) is 29.1. The Kier molecular flexibility index (Phi) is 3.78. The molecule has 1 aromatic carbocycles. The van der Waals surface area contributed by atoms with E-state index in [4.69, 9.17) is 9.47 Å². The highest BCUT2D eigenvalue weighted by Gasteiger charge is 2.40. The maximum atomic E-state index is 5.81. The molecule has 0 saturated carbocycles. The first-order chi connectivity index (χ1) is 9.24. The van der Waals surface area contributed by atoms with Gasteiger partial charge < -0.3 is 9.47 Å². The molecule has 1 aromatic rings. The van der Waals surface area contributed by atoms with E-state index < -0.39 is 0 Å². The van der Waals surface area contributed by atoms with Crippen LogP contribution in [0.4, 0.5) is 0 Å². The van der Waals surface area contributed by atoms with Gasteiger partial charge in [-0.1, -0.05) is 30.9 Å². The SMILES string of the molecule is C=C(CSc1ccccc1)C1=CCC2OC(C)OC12. The van der Waals surface area contributed by atoms with Gasteiger partial charge in [-0.3, -0.25) is 0 Å². The fourth-order valence-corrected chi connectivity index (χ4v) is 3.43. The monoisotopic (exact) mass is 274 g/mol. The molecule has 0 radical (unpaired) electrons. The van der Waals surface area contributed by atoms with Crippen LogP contribution in [-0.4, -0.2) is 24.3 Å². The second kappa shape index (κ2) is 5.53. The van der Waals surface area contributed by atoms with Crippen LogP contribution in [0.1, 0.15) is 13.3 Å². The molecule has 3 rings (SSSR count). The fourth-order valence-electron chi connectivity index (χ4n) is 2.57. The lowest BCUT2D eigenvalue weighted by atomic mass is 10.1. The molecule has 3 heteroatoms. The Labute approximate surface area is 118 Å². The predicted octanol–water partition coefficient (Wildman–Crippen LogP) is 3.80. The Morgan fingerprint density at radius 3 is 2.89 bits per heavy atom. The zero-order chi connectivity index (χ0) is 13.2. The van der Waals surface area contributed by atoms with Crippen molar-refractivity contribution >= 4 is 11.8 Å². The first kappa shape index (κ1) is 13.0. The summed E-state index contributed by atoms with van der Waals surface area (Å²) in [5, 5.41) is 0. The summed E-state index contributed by atoms with van der Waals surface area (Å²) in [6, 6.07) is 10.4. The van der Waals surface area contributed by atoms with Crippen molar-refractivity contribution in [3.8, 4) is 0 Å². The first-order valence-electron chi connectivity index (χ1n) is 6.61. The summed E-state index contributed by atoms with van der Waals surface area (Å²) in [4.78, 5) is 1.27. The lowest BCUT2D eigenvalue weighted by Crippen LogP contribution is -2.19. The van der Waals surface area contributed by atoms with Gasteiger partial charge in [0, 0.05) is 10.6 Å². The highest BCUT2D eigenvalue weighted by atomic mass is 32.2. The van der Waals surface area contributed by atoms with Crippen LogP contribution in [0.25, 0.3) is 0 Å². The summed E-state index contributed by atoms with van der Waals surface area (Å²) >= 11 is 1.81. The molecule has 1 heterocycles. The van der Waals surface area contributed by atoms with E-state index >= 15 is 0 Å². The van der Waals surface area contributed by atoms with Crippen LogP contribution in [0, 0.1) is 0 Å². The van der Waals surface area contributed by atoms with Crippen LogP contribution in [-0.2, 0) is 9.47 Å². The van der Waals surface area contributed by atoms with Crippen LogP contribution in [0.3, 0.4) is 0 Å². The molecule has 1 saturated heterocycles. The average Bonchev–Trinajstić information content (AvgIpc) is 2.96. The molecule has 19 heavy (non-hydrogen) atoms. The second-order valence-corrected chi connectivity index (χ2v) is 5.95. The van der Waals surface area contributed by atoms with Crippen molar-refractivity contribution in [3.63, 3.8) is 0 Å². The molecular formula is C16H18O2S. The number of hydrogen-bond donors (Lipinski definition) is 0. The molecule has 0 bridgehead atoms. The third-order valence-corrected chi connectivity index (χ3v) is 4.58. The molecule has 3 atom stereocenters. The van der Waals surface area contributed by atoms with Gasteiger partial charge in [-0.05, 0) is 36.6 Å². The summed E-state index contributed by atoms with van der Waals surface area (Å²) in [7, 11) is 0. The zero-order valence-corrected chi connectivity index (χ0v) is 11.9. The minimum atomic E-state index is -0.0896. The van der Waals surface area contributed by atoms with Crippen molar-refractivity contribution in [3.05, 3.63) is 54.1 Å². The molecule has 0 amide bonds. The van der Waals surface area contributed by atoms with Crippen molar-refractivity contribution in [2.75, 3.05) is 5.75 Å². The van der Waals surface area contributed by atoms with E-state index in [1.54, 1.807) is 0 Å². The fraction of sp³-hybridized carbons (Fsp3) is 0.375. The Hall–Kier alpha value is -1.03. The van der Waals surface area contributed by atoms with E-state index in [1.807, 2.05) is 24.8 Å². The van der Waals surface area contributed by atoms with Gasteiger partial charge >= 0.3 is 0 Å². The van der Waals surface area contributed by atoms with E-state index in [0.29, 0.717) is 0 Å². The van der Waals surface area contributed by atoms with Crippen LogP contribution < -0.4 is 0 Å². The number of rotatable bonds is 4. The number of ether oxygens (including phenoxy) is 2. The van der Waals surface area contributed by atoms with Gasteiger partial charge in [0.15, 0.2) is 6.29 Å². The van der Waals surface area contributed by atoms with Gasteiger partial charge in [0.2, 0.25) is 0 Å². The van der Waals surface area contributed by atoms with Crippen LogP contribution in [0.5, 0.6) is 0 Å². The van der Waals surface area contributed by atoms with E-state index in [0.717, 1.165) is 17.7 Å². The molecular weight excluding hydrogens is 256 g/mol. The van der Waals surface area contributed by atoms with Crippen molar-refractivity contribution < 1.29 is 9.47 Å². The minimum absolute atomic E-state index is 0.0896. The standard InChI is InChI=1S/C16H18O2S/c1-11(10-19-13-6-4-3-5-7-13)14-8-9-15-16(14)18-12(2)17-15/h3-8,12,15-16H,1,9-10H2,2H3. The third-order valence-electron chi connectivity index (χ3n) is 3.48. The van der Waals surface area contributed by atoms with Crippen LogP contribution >= 0.6 is 11.8 Å². The van der Waals surface area contributed by atoms with Crippen molar-refractivity contribution in [2.24, 2.45) is 0 Å². The smallest absolute Gasteiger partial charge is 0.156 e. The van der Waals surface area contributed by atoms with Gasteiger partial charge in [-0.15, -0.1) is 11.8 Å². The summed E-state index contributed by atoms with van der Waals surface area (Å²) in [6.07, 6.45) is 3.37. The summed E-state index contributed by atoms with van der Waals surface area (Å²) < 4.78 is 11.5. The largest absolute Gasteiger partial charge is 0.346 e. The minimum Gasteiger partial charge on any atom is -0.346 e. The summed E-state index contributed by atoms with van der Waals surface area (Å²) in [5.74, 6) is 0.900. The summed E-state index contributed by atoms with van der Waals surface area (Å²) in [5.41, 5.74) is 2.39. The van der Waals surface area contributed by atoms with E-state index in [2.05, 4.69) is 36.9 Å². The molecule has 1 fully saturated rings. The Bertz CT molecular complexity index is 495. The van der Waals surface area contributed by atoms with Crippen LogP contribution in [0.2, 0.25) is 0 Å². The van der Waals surface area contributed by atoms with Crippen molar-refractivity contribution in [1.82, 2.24) is 0 Å². The predicted molar refractivity (Wildman–Crippen MR) is 78.2 cm³/mol. The Morgan fingerprint density at radius 1 is 1.32 bits per heavy atom. The molecule has 2 nitrogen and oxygen atoms in total. The van der Waals surface area contributed by atoms with Gasteiger partial charge in [-0.25, -0.2) is 0 Å². The molecule has 0 aromatic heterocycles. The van der Waals surface area contributed by atoms with Crippen molar-refractivity contribution in [1.29, 1.82) is 0 Å². The van der Waals surface area contributed by atoms with Gasteiger partial charge in [-0.2, -0.15) is 0 Å². The van der Waals surface area contributed by atoms with Gasteiger partial charge in [0.05, 0.1) is 6.10 Å².